The van der Waals surface area contributed by atoms with Crippen molar-refractivity contribution >= 4 is 11.6 Å². The summed E-state index contributed by atoms with van der Waals surface area (Å²) in [5, 5.41) is 8.99. The molecule has 0 aromatic carbocycles. The van der Waals surface area contributed by atoms with E-state index >= 15 is 0 Å². The zero-order valence-electron chi connectivity index (χ0n) is 10.4. The number of unbranched alkanes of at least 4 members (excludes halogenated alkanes) is 1. The lowest BCUT2D eigenvalue weighted by molar-refractivity contribution is -0.124. The molecule has 15 heavy (non-hydrogen) atoms. The second kappa shape index (κ2) is 11.4. The predicted octanol–water partition coefficient (Wildman–Crippen LogP) is 2.50. The average molecular weight is 216 g/mol. The molecule has 90 valence electrons. The molecular weight excluding hydrogens is 192 g/mol. The molecule has 0 spiro atoms. The van der Waals surface area contributed by atoms with Crippen LogP contribution in [0.4, 0.5) is 0 Å². The van der Waals surface area contributed by atoms with Crippen molar-refractivity contribution in [3.05, 3.63) is 0 Å². The summed E-state index contributed by atoms with van der Waals surface area (Å²) in [6.07, 6.45) is 4.27. The molecule has 3 heteroatoms. The number of hydrogen-bond acceptors (Lipinski definition) is 3. The van der Waals surface area contributed by atoms with E-state index in [2.05, 4.69) is 6.92 Å². The lowest BCUT2D eigenvalue weighted by atomic mass is 10.1. The molecule has 0 aromatic rings. The van der Waals surface area contributed by atoms with Crippen LogP contribution in [0.1, 0.15) is 59.8 Å². The highest BCUT2D eigenvalue weighted by Crippen LogP contribution is 2.02. The van der Waals surface area contributed by atoms with Crippen LogP contribution < -0.4 is 0 Å². The van der Waals surface area contributed by atoms with E-state index in [0.29, 0.717) is 0 Å². The molecule has 0 amide bonds. The highest BCUT2D eigenvalue weighted by Gasteiger charge is 1.96. The molecule has 0 rings (SSSR count). The van der Waals surface area contributed by atoms with Gasteiger partial charge in [0.25, 0.3) is 0 Å². The maximum absolute atomic E-state index is 10.0. The molecule has 3 nitrogen and oxygen atoms in total. The third-order valence-corrected chi connectivity index (χ3v) is 1.86. The van der Waals surface area contributed by atoms with Gasteiger partial charge in [0.2, 0.25) is 0 Å². The quantitative estimate of drug-likeness (QED) is 0.694. The molecule has 1 unspecified atom stereocenters. The van der Waals surface area contributed by atoms with Crippen LogP contribution in [0.15, 0.2) is 0 Å². The Hall–Kier alpha value is -0.700. The Bertz CT molecular complexity index is 164. The van der Waals surface area contributed by atoms with Crippen molar-refractivity contribution in [2.24, 2.45) is 0 Å². The molecule has 0 aliphatic heterocycles. The second-order valence-electron chi connectivity index (χ2n) is 3.79. The Morgan fingerprint density at radius 3 is 1.80 bits per heavy atom. The molecule has 0 aliphatic carbocycles. The van der Waals surface area contributed by atoms with E-state index in [-0.39, 0.29) is 24.1 Å². The summed E-state index contributed by atoms with van der Waals surface area (Å²) in [6.45, 7) is 6.96. The van der Waals surface area contributed by atoms with Crippen LogP contribution in [-0.4, -0.2) is 22.8 Å². The Balaban J connectivity index is 0. The summed E-state index contributed by atoms with van der Waals surface area (Å²) in [7, 11) is 0. The van der Waals surface area contributed by atoms with Crippen LogP contribution in [0.3, 0.4) is 0 Å². The molecule has 1 atom stereocenters. The SMILES string of the molecule is CC(=O)CC(C)=O.CCCCC(O)CC. The third-order valence-electron chi connectivity index (χ3n) is 1.86. The highest BCUT2D eigenvalue weighted by atomic mass is 16.3. The smallest absolute Gasteiger partial charge is 0.137 e. The normalized spacial score (nSPS) is 11.3. The van der Waals surface area contributed by atoms with Gasteiger partial charge in [0.05, 0.1) is 12.5 Å². The van der Waals surface area contributed by atoms with Gasteiger partial charge in [-0.1, -0.05) is 26.7 Å². The molecule has 1 N–H and O–H groups in total. The van der Waals surface area contributed by atoms with Gasteiger partial charge in [-0.3, -0.25) is 9.59 Å². The summed E-state index contributed by atoms with van der Waals surface area (Å²) in [5.74, 6) is -0.125. The van der Waals surface area contributed by atoms with Gasteiger partial charge in [-0.05, 0) is 26.7 Å². The fourth-order valence-corrected chi connectivity index (χ4v) is 0.994. The number of aliphatic hydroxyl groups excluding tert-OH is 1. The van der Waals surface area contributed by atoms with E-state index in [9.17, 15) is 9.59 Å². The van der Waals surface area contributed by atoms with Crippen molar-refractivity contribution in [2.75, 3.05) is 0 Å². The number of ketones is 2. The fraction of sp³-hybridized carbons (Fsp3) is 0.833. The molecule has 0 saturated heterocycles. The van der Waals surface area contributed by atoms with Crippen molar-refractivity contribution in [1.29, 1.82) is 0 Å². The van der Waals surface area contributed by atoms with Crippen molar-refractivity contribution in [1.82, 2.24) is 0 Å². The van der Waals surface area contributed by atoms with E-state index < -0.39 is 0 Å². The van der Waals surface area contributed by atoms with E-state index in [1.165, 1.54) is 20.3 Å². The van der Waals surface area contributed by atoms with Crippen LogP contribution in [0.5, 0.6) is 0 Å². The minimum absolute atomic E-state index is 0.0463. The third kappa shape index (κ3) is 19.6. The monoisotopic (exact) mass is 216 g/mol. The van der Waals surface area contributed by atoms with Crippen molar-refractivity contribution in [3.8, 4) is 0 Å². The predicted molar refractivity (Wildman–Crippen MR) is 61.8 cm³/mol. The second-order valence-corrected chi connectivity index (χ2v) is 3.79. The van der Waals surface area contributed by atoms with Gasteiger partial charge in [0, 0.05) is 0 Å². The molecule has 0 fully saturated rings. The largest absolute Gasteiger partial charge is 0.393 e. The standard InChI is InChI=1S/C7H16O.C5H8O2/c1-3-5-6-7(8)4-2;1-4(6)3-5(2)7/h7-8H,3-6H2,1-2H3;3H2,1-2H3. The summed E-state index contributed by atoms with van der Waals surface area (Å²) in [5.41, 5.74) is 0. The number of aliphatic hydroxyl groups is 1. The van der Waals surface area contributed by atoms with Crippen LogP contribution >= 0.6 is 0 Å². The highest BCUT2D eigenvalue weighted by molar-refractivity contribution is 5.96. The Labute approximate surface area is 92.9 Å². The van der Waals surface area contributed by atoms with Gasteiger partial charge in [-0.2, -0.15) is 0 Å². The number of hydrogen-bond donors (Lipinski definition) is 1. The summed E-state index contributed by atoms with van der Waals surface area (Å²) >= 11 is 0. The number of rotatable bonds is 6. The van der Waals surface area contributed by atoms with E-state index in [1.807, 2.05) is 6.92 Å². The van der Waals surface area contributed by atoms with Gasteiger partial charge >= 0.3 is 0 Å². The molecular formula is C12H24O3. The first-order valence-corrected chi connectivity index (χ1v) is 5.60. The van der Waals surface area contributed by atoms with Gasteiger partial charge < -0.3 is 5.11 Å². The van der Waals surface area contributed by atoms with Gasteiger partial charge in [-0.25, -0.2) is 0 Å². The van der Waals surface area contributed by atoms with Crippen molar-refractivity contribution in [3.63, 3.8) is 0 Å². The number of Topliss-reactive ketones (excluding diaryl/α,β-unsaturated/α-hetero) is 2. The molecule has 0 aliphatic rings. The Morgan fingerprint density at radius 2 is 1.60 bits per heavy atom. The van der Waals surface area contributed by atoms with Crippen LogP contribution in [0.25, 0.3) is 0 Å². The minimum atomic E-state index is -0.0625. The van der Waals surface area contributed by atoms with Gasteiger partial charge in [0.15, 0.2) is 0 Å². The van der Waals surface area contributed by atoms with Crippen LogP contribution in [0, 0.1) is 0 Å². The molecule has 0 bridgehead atoms. The number of carbonyl (C=O) groups excluding carboxylic acids is 2. The maximum atomic E-state index is 10.0. The topological polar surface area (TPSA) is 54.4 Å². The first-order valence-electron chi connectivity index (χ1n) is 5.60. The molecule has 0 saturated carbocycles. The minimum Gasteiger partial charge on any atom is -0.393 e. The van der Waals surface area contributed by atoms with Crippen molar-refractivity contribution in [2.45, 2.75) is 65.9 Å². The molecule has 0 radical (unpaired) electrons. The van der Waals surface area contributed by atoms with Crippen LogP contribution in [0.2, 0.25) is 0 Å². The summed E-state index contributed by atoms with van der Waals surface area (Å²) in [6, 6.07) is 0. The lowest BCUT2D eigenvalue weighted by Crippen LogP contribution is -2.02. The van der Waals surface area contributed by atoms with Crippen molar-refractivity contribution < 1.29 is 14.7 Å². The zero-order chi connectivity index (χ0) is 12.3. The average Bonchev–Trinajstić information content (AvgIpc) is 2.12. The Kier molecular flexibility index (Phi) is 12.7. The maximum Gasteiger partial charge on any atom is 0.137 e. The Morgan fingerprint density at radius 1 is 1.13 bits per heavy atom. The van der Waals surface area contributed by atoms with E-state index in [4.69, 9.17) is 5.11 Å². The molecule has 0 heterocycles. The van der Waals surface area contributed by atoms with Crippen LogP contribution in [-0.2, 0) is 9.59 Å². The first kappa shape index (κ1) is 16.7. The molecule has 0 aromatic heterocycles. The van der Waals surface area contributed by atoms with Gasteiger partial charge in [-0.15, -0.1) is 0 Å². The lowest BCUT2D eigenvalue weighted by Gasteiger charge is -2.03. The van der Waals surface area contributed by atoms with E-state index in [1.54, 1.807) is 0 Å². The van der Waals surface area contributed by atoms with E-state index in [0.717, 1.165) is 19.3 Å². The summed E-state index contributed by atoms with van der Waals surface area (Å²) in [4.78, 5) is 20.1. The van der Waals surface area contributed by atoms with Gasteiger partial charge in [0.1, 0.15) is 11.6 Å². The first-order chi connectivity index (χ1) is 6.93. The summed E-state index contributed by atoms with van der Waals surface area (Å²) < 4.78 is 0. The zero-order valence-corrected chi connectivity index (χ0v) is 10.4. The number of carbonyl (C=O) groups is 2. The fourth-order valence-electron chi connectivity index (χ4n) is 0.994.